The predicted molar refractivity (Wildman–Crippen MR) is 85.2 cm³/mol. The van der Waals surface area contributed by atoms with E-state index in [0.29, 0.717) is 22.2 Å². The van der Waals surface area contributed by atoms with Gasteiger partial charge in [0.2, 0.25) is 0 Å². The molecule has 0 spiro atoms. The maximum atomic E-state index is 11.7. The summed E-state index contributed by atoms with van der Waals surface area (Å²) in [5.74, 6) is 0.368. The molecule has 5 nitrogen and oxygen atoms in total. The highest BCUT2D eigenvalue weighted by Gasteiger charge is 2.08. The number of allylic oxidation sites excluding steroid dienone is 1. The summed E-state index contributed by atoms with van der Waals surface area (Å²) in [6.45, 7) is 3.09. The molecule has 1 aromatic carbocycles. The van der Waals surface area contributed by atoms with Crippen LogP contribution in [0, 0.1) is 11.3 Å². The van der Waals surface area contributed by atoms with E-state index in [9.17, 15) is 4.79 Å². The summed E-state index contributed by atoms with van der Waals surface area (Å²) >= 11 is 8.91. The minimum absolute atomic E-state index is 0.221. The Morgan fingerprint density at radius 2 is 2.29 bits per heavy atom. The Morgan fingerprint density at radius 3 is 2.90 bits per heavy atom. The molecule has 21 heavy (non-hydrogen) atoms. The largest absolute Gasteiger partial charge is 0.482 e. The number of hydrogen-bond acceptors (Lipinski definition) is 4. The van der Waals surface area contributed by atoms with Gasteiger partial charge in [0.1, 0.15) is 17.7 Å². The number of aliphatic imine (C=N–C) groups is 1. The van der Waals surface area contributed by atoms with Crippen molar-refractivity contribution in [2.24, 2.45) is 4.99 Å². The number of ether oxygens (including phenoxy) is 1. The molecule has 0 saturated carbocycles. The van der Waals surface area contributed by atoms with Crippen molar-refractivity contribution in [2.45, 2.75) is 13.8 Å². The summed E-state index contributed by atoms with van der Waals surface area (Å²) in [6, 6.07) is 6.96. The van der Waals surface area contributed by atoms with Crippen LogP contribution in [0.4, 0.5) is 0 Å². The SMILES string of the molecule is CC(=N/C=C(\C)Cl)NC(=O)COc1cc(Br)ccc1C#N. The van der Waals surface area contributed by atoms with Gasteiger partial charge in [-0.25, -0.2) is 4.99 Å². The molecule has 0 unspecified atom stereocenters. The third-order valence-corrected chi connectivity index (χ3v) is 2.77. The zero-order valence-corrected chi connectivity index (χ0v) is 13.8. The van der Waals surface area contributed by atoms with Crippen molar-refractivity contribution in [3.8, 4) is 11.8 Å². The fourth-order valence-corrected chi connectivity index (χ4v) is 1.70. The first kappa shape index (κ1) is 17.2. The van der Waals surface area contributed by atoms with E-state index in [2.05, 4.69) is 26.2 Å². The van der Waals surface area contributed by atoms with Gasteiger partial charge < -0.3 is 10.1 Å². The number of nitrogens with zero attached hydrogens (tertiary/aromatic N) is 2. The molecule has 0 aliphatic heterocycles. The lowest BCUT2D eigenvalue weighted by Gasteiger charge is -2.08. The van der Waals surface area contributed by atoms with E-state index in [4.69, 9.17) is 21.6 Å². The second-order valence-corrected chi connectivity index (χ2v) is 5.53. The van der Waals surface area contributed by atoms with E-state index in [0.717, 1.165) is 4.47 Å². The van der Waals surface area contributed by atoms with Gasteiger partial charge in [-0.05, 0) is 32.0 Å². The lowest BCUT2D eigenvalue weighted by molar-refractivity contribution is -0.121. The Kier molecular flexibility index (Phi) is 6.92. The minimum Gasteiger partial charge on any atom is -0.482 e. The Morgan fingerprint density at radius 1 is 1.57 bits per heavy atom. The zero-order valence-electron chi connectivity index (χ0n) is 11.5. The number of nitriles is 1. The highest BCUT2D eigenvalue weighted by molar-refractivity contribution is 9.10. The fourth-order valence-electron chi connectivity index (χ4n) is 1.31. The second kappa shape index (κ2) is 8.45. The summed E-state index contributed by atoms with van der Waals surface area (Å²) in [6.07, 6.45) is 1.43. The first-order chi connectivity index (χ1) is 9.92. The summed E-state index contributed by atoms with van der Waals surface area (Å²) in [5.41, 5.74) is 0.358. The molecule has 0 aliphatic rings. The fraction of sp³-hybridized carbons (Fsp3) is 0.214. The van der Waals surface area contributed by atoms with Crippen LogP contribution in [0.2, 0.25) is 0 Å². The van der Waals surface area contributed by atoms with Gasteiger partial charge in [-0.2, -0.15) is 5.26 Å². The molecule has 0 radical (unpaired) electrons. The summed E-state index contributed by atoms with van der Waals surface area (Å²) in [5, 5.41) is 12.0. The highest BCUT2D eigenvalue weighted by Crippen LogP contribution is 2.22. The van der Waals surface area contributed by atoms with Crippen LogP contribution in [0.1, 0.15) is 19.4 Å². The van der Waals surface area contributed by atoms with Crippen molar-refractivity contribution in [3.63, 3.8) is 0 Å². The predicted octanol–water partition coefficient (Wildman–Crippen LogP) is 3.33. The van der Waals surface area contributed by atoms with E-state index in [1.54, 1.807) is 32.0 Å². The first-order valence-corrected chi connectivity index (χ1v) is 7.08. The summed E-state index contributed by atoms with van der Waals surface area (Å²) < 4.78 is 6.10. The molecule has 0 fully saturated rings. The van der Waals surface area contributed by atoms with E-state index in [1.165, 1.54) is 6.20 Å². The van der Waals surface area contributed by atoms with E-state index >= 15 is 0 Å². The van der Waals surface area contributed by atoms with Crippen LogP contribution in [0.3, 0.4) is 0 Å². The summed E-state index contributed by atoms with van der Waals surface area (Å²) in [7, 11) is 0. The van der Waals surface area contributed by atoms with Gasteiger partial charge in [-0.1, -0.05) is 27.5 Å². The zero-order chi connectivity index (χ0) is 15.8. The van der Waals surface area contributed by atoms with Crippen molar-refractivity contribution in [2.75, 3.05) is 6.61 Å². The topological polar surface area (TPSA) is 74.5 Å². The molecule has 1 aromatic rings. The van der Waals surface area contributed by atoms with Crippen molar-refractivity contribution in [1.82, 2.24) is 5.32 Å². The highest BCUT2D eigenvalue weighted by atomic mass is 79.9. The Balaban J connectivity index is 2.62. The number of halogens is 2. The van der Waals surface area contributed by atoms with Crippen LogP contribution in [0.5, 0.6) is 5.75 Å². The molecule has 0 atom stereocenters. The van der Waals surface area contributed by atoms with Crippen molar-refractivity contribution < 1.29 is 9.53 Å². The molecular weight excluding hydrogens is 358 g/mol. The maximum absolute atomic E-state index is 11.7. The normalized spacial score (nSPS) is 11.8. The molecular formula is C14H13BrClN3O2. The van der Waals surface area contributed by atoms with Crippen molar-refractivity contribution in [3.05, 3.63) is 39.5 Å². The van der Waals surface area contributed by atoms with Crippen molar-refractivity contribution in [1.29, 1.82) is 5.26 Å². The first-order valence-electron chi connectivity index (χ1n) is 5.91. The van der Waals surface area contributed by atoms with Gasteiger partial charge in [0.25, 0.3) is 5.91 Å². The molecule has 0 saturated heterocycles. The van der Waals surface area contributed by atoms with E-state index in [-0.39, 0.29) is 12.5 Å². The maximum Gasteiger partial charge on any atom is 0.263 e. The van der Waals surface area contributed by atoms with Gasteiger partial charge in [-0.3, -0.25) is 4.79 Å². The smallest absolute Gasteiger partial charge is 0.263 e. The molecule has 1 N–H and O–H groups in total. The van der Waals surface area contributed by atoms with Crippen LogP contribution in [0.25, 0.3) is 0 Å². The molecule has 7 heteroatoms. The average molecular weight is 371 g/mol. The third-order valence-electron chi connectivity index (χ3n) is 2.18. The number of rotatable bonds is 4. The van der Waals surface area contributed by atoms with Gasteiger partial charge in [0, 0.05) is 15.7 Å². The lowest BCUT2D eigenvalue weighted by Crippen LogP contribution is -2.32. The molecule has 0 bridgehead atoms. The Bertz CT molecular complexity index is 632. The number of amides is 1. The molecule has 0 aliphatic carbocycles. The third kappa shape index (κ3) is 6.43. The molecule has 110 valence electrons. The van der Waals surface area contributed by atoms with Crippen LogP contribution in [0.15, 0.2) is 38.9 Å². The van der Waals surface area contributed by atoms with Gasteiger partial charge >= 0.3 is 0 Å². The number of nitrogens with one attached hydrogen (secondary N) is 1. The molecule has 0 aromatic heterocycles. The number of benzene rings is 1. The standard InChI is InChI=1S/C14H13BrClN3O2/c1-9(16)7-18-10(2)19-14(20)8-21-13-5-12(15)4-3-11(13)6-17/h3-5,7H,8H2,1-2H3,(H,18,19,20)/b9-7+. The molecule has 0 heterocycles. The van der Waals surface area contributed by atoms with Crippen LogP contribution in [-0.2, 0) is 4.79 Å². The van der Waals surface area contributed by atoms with Crippen LogP contribution < -0.4 is 10.1 Å². The monoisotopic (exact) mass is 369 g/mol. The second-order valence-electron chi connectivity index (χ2n) is 4.02. The van der Waals surface area contributed by atoms with Gasteiger partial charge in [0.15, 0.2) is 6.61 Å². The Labute approximate surface area is 136 Å². The van der Waals surface area contributed by atoms with Crippen LogP contribution in [-0.4, -0.2) is 18.3 Å². The van der Waals surface area contributed by atoms with E-state index < -0.39 is 0 Å². The quantitative estimate of drug-likeness (QED) is 0.652. The number of carbonyl (C=O) groups is 1. The average Bonchev–Trinajstić information content (AvgIpc) is 2.43. The van der Waals surface area contributed by atoms with Gasteiger partial charge in [-0.15, -0.1) is 0 Å². The lowest BCUT2D eigenvalue weighted by atomic mass is 10.2. The van der Waals surface area contributed by atoms with E-state index in [1.807, 2.05) is 6.07 Å². The number of hydrogen-bond donors (Lipinski definition) is 1. The van der Waals surface area contributed by atoms with Crippen LogP contribution >= 0.6 is 27.5 Å². The number of amidine groups is 1. The summed E-state index contributed by atoms with van der Waals surface area (Å²) in [4.78, 5) is 15.6. The van der Waals surface area contributed by atoms with Crippen molar-refractivity contribution >= 4 is 39.3 Å². The Hall–Kier alpha value is -1.84. The molecule has 1 rings (SSSR count). The number of carbonyl (C=O) groups excluding carboxylic acids is 1. The van der Waals surface area contributed by atoms with Gasteiger partial charge in [0.05, 0.1) is 5.56 Å². The minimum atomic E-state index is -0.374. The molecule has 1 amide bonds.